The van der Waals surface area contributed by atoms with Gasteiger partial charge in [0.15, 0.2) is 5.65 Å². The molecule has 2 aromatic heterocycles. The molecule has 0 saturated carbocycles. The Balaban J connectivity index is 2.13. The Morgan fingerprint density at radius 1 is 1.28 bits per heavy atom. The number of amides is 1. The molecule has 1 saturated heterocycles. The van der Waals surface area contributed by atoms with E-state index < -0.39 is 11.7 Å². The third-order valence-corrected chi connectivity index (χ3v) is 6.06. The first-order chi connectivity index (χ1) is 11.8. The summed E-state index contributed by atoms with van der Waals surface area (Å²) < 4.78 is 1.36. The Labute approximate surface area is 162 Å². The molecule has 0 spiro atoms. The Hall–Kier alpha value is -1.46. The lowest BCUT2D eigenvalue weighted by molar-refractivity contribution is -0.118. The lowest BCUT2D eigenvalue weighted by atomic mass is 10.1. The number of aryl methyl sites for hydroxylation is 1. The summed E-state index contributed by atoms with van der Waals surface area (Å²) in [5.74, 6) is 0.318. The first-order valence-electron chi connectivity index (χ1n) is 7.86. The number of nitrogens with zero attached hydrogens (tertiary/aromatic N) is 5. The minimum atomic E-state index is -0.447. The van der Waals surface area contributed by atoms with E-state index in [1.54, 1.807) is 6.92 Å². The number of carbonyl (C=O) groups excluding carboxylic acids is 1. The number of likely N-dealkylation sites (N-methyl/N-ethyl adjacent to an activating group) is 1. The van der Waals surface area contributed by atoms with Gasteiger partial charge in [-0.25, -0.2) is 12.6 Å². The zero-order valence-corrected chi connectivity index (χ0v) is 16.8. The maximum absolute atomic E-state index is 12.9. The number of carbonyl (C=O) groups is 1. The monoisotopic (exact) mass is 474 g/mol. The van der Waals surface area contributed by atoms with Crippen molar-refractivity contribution in [1.29, 1.82) is 0 Å². The predicted octanol–water partition coefficient (Wildman–Crippen LogP) is 1.41. The fourth-order valence-corrected chi connectivity index (χ4v) is 4.32. The molecule has 2 atom stereocenters. The van der Waals surface area contributed by atoms with Crippen LogP contribution in [0.4, 0.5) is 11.5 Å². The summed E-state index contributed by atoms with van der Waals surface area (Å²) in [6.07, 6.45) is 0. The topological polar surface area (TPSA) is 83.4 Å². The van der Waals surface area contributed by atoms with E-state index in [1.807, 2.05) is 41.7 Å². The summed E-state index contributed by atoms with van der Waals surface area (Å²) in [7, 11) is 1.98. The van der Waals surface area contributed by atoms with Gasteiger partial charge in [0.2, 0.25) is 5.91 Å². The molecule has 2 aromatic rings. The van der Waals surface area contributed by atoms with Gasteiger partial charge in [-0.05, 0) is 20.9 Å². The molecule has 4 rings (SSSR count). The third-order valence-electron chi connectivity index (χ3n) is 4.73. The van der Waals surface area contributed by atoms with Crippen LogP contribution >= 0.6 is 34.5 Å². The van der Waals surface area contributed by atoms with Crippen molar-refractivity contribution in [2.24, 2.45) is 0 Å². The van der Waals surface area contributed by atoms with E-state index in [1.165, 1.54) is 2.78 Å². The van der Waals surface area contributed by atoms with Crippen molar-refractivity contribution in [3.8, 4) is 0 Å². The van der Waals surface area contributed by atoms with Crippen LogP contribution in [-0.4, -0.2) is 55.8 Å². The number of anilines is 2. The van der Waals surface area contributed by atoms with E-state index in [0.29, 0.717) is 39.8 Å². The highest BCUT2D eigenvalue weighted by atomic mass is 127. The molecule has 8 nitrogen and oxygen atoms in total. The second-order valence-corrected chi connectivity index (χ2v) is 7.91. The number of hydrogen-bond acceptors (Lipinski definition) is 6. The molecule has 4 heterocycles. The fourth-order valence-electron chi connectivity index (χ4n) is 3.68. The summed E-state index contributed by atoms with van der Waals surface area (Å²) >= 11 is 8.32. The standard InChI is InChI=1S/C15H16ClIN6O2/c1-6-4-21(3)5-8-14(24)19-11-9-12(22(6)8)20-15(25)23(17)13(9)18-7(2)10(11)16/h6,8H,4-5H2,1-3H3,(H,19,24). The van der Waals surface area contributed by atoms with Crippen LogP contribution in [0.15, 0.2) is 4.79 Å². The lowest BCUT2D eigenvalue weighted by Gasteiger charge is -2.43. The van der Waals surface area contributed by atoms with E-state index in [0.717, 1.165) is 6.54 Å². The minimum Gasteiger partial charge on any atom is -0.338 e. The summed E-state index contributed by atoms with van der Waals surface area (Å²) in [6.45, 7) is 5.08. The van der Waals surface area contributed by atoms with Gasteiger partial charge >= 0.3 is 5.69 Å². The summed E-state index contributed by atoms with van der Waals surface area (Å²) in [6, 6.07) is -0.432. The molecule has 1 amide bonds. The Bertz CT molecular complexity index is 977. The second kappa shape index (κ2) is 5.78. The first-order valence-corrected chi connectivity index (χ1v) is 9.20. The minimum absolute atomic E-state index is 0.0145. The molecule has 0 aliphatic carbocycles. The van der Waals surface area contributed by atoms with E-state index in [9.17, 15) is 9.59 Å². The van der Waals surface area contributed by atoms with Gasteiger partial charge < -0.3 is 15.1 Å². The van der Waals surface area contributed by atoms with Crippen molar-refractivity contribution in [3.05, 3.63) is 21.2 Å². The molecule has 0 radical (unpaired) electrons. The van der Waals surface area contributed by atoms with Gasteiger partial charge in [-0.1, -0.05) is 11.6 Å². The van der Waals surface area contributed by atoms with Crippen LogP contribution in [0, 0.1) is 6.92 Å². The Morgan fingerprint density at radius 2 is 2.00 bits per heavy atom. The fraction of sp³-hybridized carbons (Fsp3) is 0.467. The van der Waals surface area contributed by atoms with Gasteiger partial charge in [0, 0.05) is 19.1 Å². The van der Waals surface area contributed by atoms with Crippen molar-refractivity contribution in [2.75, 3.05) is 30.4 Å². The molecule has 25 heavy (non-hydrogen) atoms. The second-order valence-electron chi connectivity index (χ2n) is 6.57. The number of halogens is 2. The van der Waals surface area contributed by atoms with E-state index >= 15 is 0 Å². The van der Waals surface area contributed by atoms with Crippen molar-refractivity contribution < 1.29 is 4.79 Å². The van der Waals surface area contributed by atoms with Crippen molar-refractivity contribution in [2.45, 2.75) is 25.9 Å². The molecule has 2 aliphatic heterocycles. The van der Waals surface area contributed by atoms with Gasteiger partial charge in [0.1, 0.15) is 11.9 Å². The molecular formula is C15H16ClIN6O2. The Morgan fingerprint density at radius 3 is 2.72 bits per heavy atom. The quantitative estimate of drug-likeness (QED) is 0.582. The SMILES string of the molecule is Cc1nc2c3c(nc(=O)n2I)N2C(C)CN(C)CC2C(=O)Nc3c1Cl. The van der Waals surface area contributed by atoms with Gasteiger partial charge in [-0.15, -0.1) is 0 Å². The molecule has 1 fully saturated rings. The molecule has 0 aromatic carbocycles. The Kier molecular flexibility index (Phi) is 3.92. The number of fused-ring (bicyclic) bond motifs is 2. The highest BCUT2D eigenvalue weighted by Gasteiger charge is 2.41. The lowest BCUT2D eigenvalue weighted by Crippen LogP contribution is -2.60. The van der Waals surface area contributed by atoms with E-state index in [2.05, 4.69) is 20.2 Å². The summed E-state index contributed by atoms with van der Waals surface area (Å²) in [4.78, 5) is 38.1. The van der Waals surface area contributed by atoms with E-state index in [-0.39, 0.29) is 11.9 Å². The number of aromatic nitrogens is 3. The average molecular weight is 475 g/mol. The molecule has 2 unspecified atom stereocenters. The summed E-state index contributed by atoms with van der Waals surface area (Å²) in [5, 5.41) is 3.93. The zero-order chi connectivity index (χ0) is 18.0. The van der Waals surface area contributed by atoms with Crippen LogP contribution in [0.25, 0.3) is 11.0 Å². The van der Waals surface area contributed by atoms with Crippen LogP contribution in [0.3, 0.4) is 0 Å². The van der Waals surface area contributed by atoms with E-state index in [4.69, 9.17) is 11.6 Å². The van der Waals surface area contributed by atoms with Gasteiger partial charge in [0.25, 0.3) is 0 Å². The first kappa shape index (κ1) is 17.0. The number of piperazine rings is 1. The highest BCUT2D eigenvalue weighted by Crippen LogP contribution is 2.41. The van der Waals surface area contributed by atoms with Gasteiger partial charge in [0.05, 0.1) is 44.7 Å². The van der Waals surface area contributed by atoms with Crippen LogP contribution < -0.4 is 15.9 Å². The van der Waals surface area contributed by atoms with Crippen LogP contribution in [0.5, 0.6) is 0 Å². The van der Waals surface area contributed by atoms with Gasteiger partial charge in [-0.2, -0.15) is 4.98 Å². The van der Waals surface area contributed by atoms with Crippen LogP contribution in [0.1, 0.15) is 12.6 Å². The predicted molar refractivity (Wildman–Crippen MR) is 105 cm³/mol. The molecule has 10 heteroatoms. The average Bonchev–Trinajstić information content (AvgIpc) is 2.66. The maximum Gasteiger partial charge on any atom is 0.360 e. The van der Waals surface area contributed by atoms with Crippen LogP contribution in [0.2, 0.25) is 5.02 Å². The molecule has 2 aliphatic rings. The van der Waals surface area contributed by atoms with Crippen molar-refractivity contribution in [1.82, 2.24) is 17.6 Å². The molecular weight excluding hydrogens is 459 g/mol. The largest absolute Gasteiger partial charge is 0.360 e. The zero-order valence-electron chi connectivity index (χ0n) is 13.9. The number of rotatable bonds is 0. The van der Waals surface area contributed by atoms with Gasteiger partial charge in [-0.3, -0.25) is 4.79 Å². The molecule has 1 N–H and O–H groups in total. The number of nitrogens with one attached hydrogen (secondary N) is 1. The highest BCUT2D eigenvalue weighted by molar-refractivity contribution is 14.1. The van der Waals surface area contributed by atoms with Crippen molar-refractivity contribution in [3.63, 3.8) is 0 Å². The smallest absolute Gasteiger partial charge is 0.338 e. The van der Waals surface area contributed by atoms with Crippen molar-refractivity contribution >= 4 is 62.9 Å². The van der Waals surface area contributed by atoms with Crippen LogP contribution in [-0.2, 0) is 4.79 Å². The number of hydrogen-bond donors (Lipinski definition) is 1. The third kappa shape index (κ3) is 2.43. The maximum atomic E-state index is 12.9. The number of pyridine rings is 1. The summed E-state index contributed by atoms with van der Waals surface area (Å²) in [5.41, 5.74) is 1.07. The normalized spacial score (nSPS) is 23.4. The molecule has 0 bridgehead atoms. The molecule has 132 valence electrons.